The number of fused-ring (bicyclic) bond motifs is 1. The molecule has 3 aromatic rings. The molecule has 3 aromatic heterocycles. The summed E-state index contributed by atoms with van der Waals surface area (Å²) < 4.78 is 5.53. The van der Waals surface area contributed by atoms with Crippen LogP contribution in [-0.4, -0.2) is 40.0 Å². The largest absolute Gasteiger partial charge is 0.361 e. The van der Waals surface area contributed by atoms with Crippen LogP contribution in [0.15, 0.2) is 36.7 Å². The lowest BCUT2D eigenvalue weighted by atomic mass is 10.1. The fraction of sp³-hybridized carbons (Fsp3) is 0.368. The smallest absolute Gasteiger partial charge is 0.154 e. The summed E-state index contributed by atoms with van der Waals surface area (Å²) in [6.45, 7) is 6.66. The van der Waals surface area contributed by atoms with Crippen LogP contribution in [0.2, 0.25) is 0 Å². The van der Waals surface area contributed by atoms with E-state index in [4.69, 9.17) is 9.72 Å². The SMILES string of the molecule is CC(C)c1cnnc(Nc2ccc3ncc(N4CCCOC4)cc3n2)c1. The van der Waals surface area contributed by atoms with Gasteiger partial charge in [0.2, 0.25) is 0 Å². The summed E-state index contributed by atoms with van der Waals surface area (Å²) in [4.78, 5) is 11.4. The zero-order chi connectivity index (χ0) is 17.9. The molecule has 1 aliphatic rings. The van der Waals surface area contributed by atoms with Gasteiger partial charge in [-0.3, -0.25) is 4.98 Å². The zero-order valence-electron chi connectivity index (χ0n) is 15.0. The molecule has 0 aromatic carbocycles. The number of rotatable bonds is 4. The number of anilines is 3. The van der Waals surface area contributed by atoms with Gasteiger partial charge in [-0.1, -0.05) is 13.8 Å². The molecule has 7 nitrogen and oxygen atoms in total. The molecule has 0 unspecified atom stereocenters. The Bertz CT molecular complexity index is 907. The molecule has 1 fully saturated rings. The summed E-state index contributed by atoms with van der Waals surface area (Å²) in [6.07, 6.45) is 4.70. The van der Waals surface area contributed by atoms with E-state index in [1.165, 1.54) is 0 Å². The first-order chi connectivity index (χ1) is 12.7. The Labute approximate surface area is 152 Å². The normalized spacial score (nSPS) is 14.8. The Balaban J connectivity index is 1.60. The van der Waals surface area contributed by atoms with Crippen LogP contribution >= 0.6 is 0 Å². The number of pyridine rings is 2. The highest BCUT2D eigenvalue weighted by Gasteiger charge is 2.13. The Morgan fingerprint density at radius 2 is 2.04 bits per heavy atom. The molecule has 0 saturated carbocycles. The van der Waals surface area contributed by atoms with Crippen LogP contribution in [0.4, 0.5) is 17.3 Å². The molecule has 1 saturated heterocycles. The van der Waals surface area contributed by atoms with Gasteiger partial charge in [-0.05, 0) is 42.2 Å². The van der Waals surface area contributed by atoms with Crippen molar-refractivity contribution in [2.75, 3.05) is 30.1 Å². The lowest BCUT2D eigenvalue weighted by Crippen LogP contribution is -2.33. The van der Waals surface area contributed by atoms with Crippen molar-refractivity contribution < 1.29 is 4.74 Å². The van der Waals surface area contributed by atoms with E-state index in [1.807, 2.05) is 24.4 Å². The average molecular weight is 350 g/mol. The summed E-state index contributed by atoms with van der Waals surface area (Å²) in [5, 5.41) is 11.5. The van der Waals surface area contributed by atoms with E-state index in [-0.39, 0.29) is 0 Å². The molecule has 0 aliphatic carbocycles. The predicted octanol–water partition coefficient (Wildman–Crippen LogP) is 3.47. The lowest BCUT2D eigenvalue weighted by molar-refractivity contribution is 0.107. The Hall–Kier alpha value is -2.80. The van der Waals surface area contributed by atoms with Gasteiger partial charge in [0.1, 0.15) is 12.5 Å². The van der Waals surface area contributed by atoms with Crippen LogP contribution < -0.4 is 10.2 Å². The lowest BCUT2D eigenvalue weighted by Gasteiger charge is -2.28. The first-order valence-corrected chi connectivity index (χ1v) is 8.88. The molecule has 0 amide bonds. The van der Waals surface area contributed by atoms with Crippen molar-refractivity contribution in [1.82, 2.24) is 20.2 Å². The van der Waals surface area contributed by atoms with Gasteiger partial charge in [-0.2, -0.15) is 5.10 Å². The molecule has 0 spiro atoms. The summed E-state index contributed by atoms with van der Waals surface area (Å²) in [5.74, 6) is 1.81. The minimum Gasteiger partial charge on any atom is -0.361 e. The maximum atomic E-state index is 5.53. The highest BCUT2D eigenvalue weighted by Crippen LogP contribution is 2.23. The van der Waals surface area contributed by atoms with Crippen LogP contribution in [0, 0.1) is 0 Å². The van der Waals surface area contributed by atoms with Gasteiger partial charge in [0, 0.05) is 6.54 Å². The number of nitrogens with one attached hydrogen (secondary N) is 1. The third-order valence-corrected chi connectivity index (χ3v) is 4.45. The summed E-state index contributed by atoms with van der Waals surface area (Å²) in [7, 11) is 0. The highest BCUT2D eigenvalue weighted by molar-refractivity contribution is 5.80. The van der Waals surface area contributed by atoms with E-state index in [2.05, 4.69) is 45.3 Å². The van der Waals surface area contributed by atoms with Crippen molar-refractivity contribution in [1.29, 1.82) is 0 Å². The first kappa shape index (κ1) is 16.7. The third kappa shape index (κ3) is 3.57. The molecule has 0 bridgehead atoms. The monoisotopic (exact) mass is 350 g/mol. The van der Waals surface area contributed by atoms with Gasteiger partial charge in [-0.25, -0.2) is 4.98 Å². The number of aromatic nitrogens is 4. The van der Waals surface area contributed by atoms with E-state index >= 15 is 0 Å². The summed E-state index contributed by atoms with van der Waals surface area (Å²) in [6, 6.07) is 7.92. The van der Waals surface area contributed by atoms with Crippen molar-refractivity contribution in [2.45, 2.75) is 26.2 Å². The van der Waals surface area contributed by atoms with Gasteiger partial charge < -0.3 is 15.0 Å². The number of hydrogen-bond acceptors (Lipinski definition) is 7. The topological polar surface area (TPSA) is 76.1 Å². The Kier molecular flexibility index (Phi) is 4.62. The molecule has 7 heteroatoms. The Morgan fingerprint density at radius 1 is 1.12 bits per heavy atom. The van der Waals surface area contributed by atoms with E-state index in [1.54, 1.807) is 6.20 Å². The second-order valence-electron chi connectivity index (χ2n) is 6.74. The Morgan fingerprint density at radius 3 is 2.85 bits per heavy atom. The molecular weight excluding hydrogens is 328 g/mol. The maximum absolute atomic E-state index is 5.53. The first-order valence-electron chi connectivity index (χ1n) is 8.88. The number of ether oxygens (including phenoxy) is 1. The molecule has 1 aliphatic heterocycles. The molecular formula is C19H22N6O. The van der Waals surface area contributed by atoms with Gasteiger partial charge in [-0.15, -0.1) is 5.10 Å². The molecule has 0 radical (unpaired) electrons. The minimum absolute atomic E-state index is 0.397. The second-order valence-corrected chi connectivity index (χ2v) is 6.74. The maximum Gasteiger partial charge on any atom is 0.154 e. The average Bonchev–Trinajstić information content (AvgIpc) is 2.68. The van der Waals surface area contributed by atoms with Gasteiger partial charge >= 0.3 is 0 Å². The van der Waals surface area contributed by atoms with Gasteiger partial charge in [0.05, 0.1) is 35.7 Å². The van der Waals surface area contributed by atoms with Gasteiger partial charge in [0.15, 0.2) is 5.82 Å². The molecule has 4 rings (SSSR count). The molecule has 4 heterocycles. The number of nitrogens with zero attached hydrogens (tertiary/aromatic N) is 5. The predicted molar refractivity (Wildman–Crippen MR) is 102 cm³/mol. The van der Waals surface area contributed by atoms with Gasteiger partial charge in [0.25, 0.3) is 0 Å². The quantitative estimate of drug-likeness (QED) is 0.772. The van der Waals surface area contributed by atoms with Crippen LogP contribution in [-0.2, 0) is 4.74 Å². The van der Waals surface area contributed by atoms with Crippen LogP contribution in [0.25, 0.3) is 11.0 Å². The molecule has 134 valence electrons. The van der Waals surface area contributed by atoms with E-state index in [0.29, 0.717) is 18.5 Å². The minimum atomic E-state index is 0.397. The van der Waals surface area contributed by atoms with Crippen molar-refractivity contribution in [3.05, 3.63) is 42.2 Å². The van der Waals surface area contributed by atoms with Crippen molar-refractivity contribution in [3.63, 3.8) is 0 Å². The van der Waals surface area contributed by atoms with Crippen molar-refractivity contribution >= 4 is 28.4 Å². The van der Waals surface area contributed by atoms with Crippen LogP contribution in [0.5, 0.6) is 0 Å². The number of hydrogen-bond donors (Lipinski definition) is 1. The third-order valence-electron chi connectivity index (χ3n) is 4.45. The molecule has 0 atom stereocenters. The van der Waals surface area contributed by atoms with Crippen molar-refractivity contribution in [2.24, 2.45) is 0 Å². The fourth-order valence-corrected chi connectivity index (χ4v) is 2.93. The molecule has 1 N–H and O–H groups in total. The van der Waals surface area contributed by atoms with Crippen LogP contribution in [0.1, 0.15) is 31.7 Å². The zero-order valence-corrected chi connectivity index (χ0v) is 15.0. The van der Waals surface area contributed by atoms with E-state index in [0.717, 1.165) is 47.7 Å². The summed E-state index contributed by atoms with van der Waals surface area (Å²) >= 11 is 0. The standard InChI is InChI=1S/C19H22N6O/c1-13(2)14-8-19(24-21-10-14)23-18-5-4-16-17(22-18)9-15(11-20-16)25-6-3-7-26-12-25/h4-5,8-11,13H,3,6-7,12H2,1-2H3,(H,22,23,24). The van der Waals surface area contributed by atoms with E-state index in [9.17, 15) is 0 Å². The van der Waals surface area contributed by atoms with Crippen molar-refractivity contribution in [3.8, 4) is 0 Å². The summed E-state index contributed by atoms with van der Waals surface area (Å²) in [5.41, 5.74) is 3.87. The second kappa shape index (κ2) is 7.21. The highest BCUT2D eigenvalue weighted by atomic mass is 16.5. The fourth-order valence-electron chi connectivity index (χ4n) is 2.93. The van der Waals surface area contributed by atoms with Crippen LogP contribution in [0.3, 0.4) is 0 Å². The molecule has 26 heavy (non-hydrogen) atoms. The van der Waals surface area contributed by atoms with E-state index < -0.39 is 0 Å².